The minimum Gasteiger partial charge on any atom is -0.497 e. The maximum atomic E-state index is 14.3. The number of allylic oxidation sites excluding steroid dienone is 4. The highest BCUT2D eigenvalue weighted by Gasteiger charge is 2.34. The van der Waals surface area contributed by atoms with E-state index in [1.54, 1.807) is 0 Å². The summed E-state index contributed by atoms with van der Waals surface area (Å²) in [5.41, 5.74) is -2.53. The molecule has 1 aliphatic rings. The van der Waals surface area contributed by atoms with Crippen LogP contribution in [0.2, 0.25) is 0 Å². The third-order valence-corrected chi connectivity index (χ3v) is 2.96. The molecule has 0 aromatic heterocycles. The Bertz CT molecular complexity index is 533. The van der Waals surface area contributed by atoms with Crippen molar-refractivity contribution in [3.63, 3.8) is 0 Å². The molecular formula is C13H11BF4O. The topological polar surface area (TPSA) is 9.23 Å². The van der Waals surface area contributed by atoms with Crippen molar-refractivity contribution >= 4 is 12.7 Å². The fraction of sp³-hybridized carbons (Fsp3) is 0.231. The molecule has 0 spiro atoms. The number of ether oxygens (including phenoxy) is 1. The molecule has 1 aliphatic carbocycles. The molecule has 6 heteroatoms. The van der Waals surface area contributed by atoms with Crippen LogP contribution in [0.4, 0.5) is 17.6 Å². The number of hydrogen-bond acceptors (Lipinski definition) is 1. The summed E-state index contributed by atoms with van der Waals surface area (Å²) in [6.07, 6.45) is 2.92. The lowest BCUT2D eigenvalue weighted by Gasteiger charge is -2.22. The Morgan fingerprint density at radius 2 is 1.84 bits per heavy atom. The molecular weight excluding hydrogens is 259 g/mol. The molecule has 1 aromatic carbocycles. The summed E-state index contributed by atoms with van der Waals surface area (Å²) in [4.78, 5) is 0. The molecule has 100 valence electrons. The van der Waals surface area contributed by atoms with Gasteiger partial charge in [-0.2, -0.15) is 0 Å². The van der Waals surface area contributed by atoms with Crippen LogP contribution in [0.15, 0.2) is 36.2 Å². The second-order valence-corrected chi connectivity index (χ2v) is 4.43. The molecule has 0 heterocycles. The summed E-state index contributed by atoms with van der Waals surface area (Å²) in [5, 5.41) is 0. The predicted molar refractivity (Wildman–Crippen MR) is 66.5 cm³/mol. The molecule has 0 aliphatic heterocycles. The zero-order valence-corrected chi connectivity index (χ0v) is 10.2. The van der Waals surface area contributed by atoms with Crippen LogP contribution in [0.3, 0.4) is 0 Å². The average Bonchev–Trinajstić information content (AvgIpc) is 2.33. The van der Waals surface area contributed by atoms with Crippen molar-refractivity contribution in [3.8, 4) is 5.75 Å². The summed E-state index contributed by atoms with van der Waals surface area (Å²) in [7, 11) is 0.709. The molecule has 0 bridgehead atoms. The van der Waals surface area contributed by atoms with Crippen LogP contribution < -0.4 is 10.2 Å². The van der Waals surface area contributed by atoms with Gasteiger partial charge in [0.05, 0.1) is 7.11 Å². The molecule has 0 amide bonds. The quantitative estimate of drug-likeness (QED) is 0.605. The van der Waals surface area contributed by atoms with Crippen LogP contribution in [-0.2, 0) is 0 Å². The first-order valence-electron chi connectivity index (χ1n) is 5.68. The van der Waals surface area contributed by atoms with E-state index in [1.165, 1.54) is 13.2 Å². The van der Waals surface area contributed by atoms with Gasteiger partial charge in [-0.05, 0) is 11.5 Å². The number of alkyl halides is 1. The Kier molecular flexibility index (Phi) is 3.69. The average molecular weight is 270 g/mol. The SMILES string of the molecule is COc1cc(F)c(BC2(F)C=CC=C(F)C2)c(F)c1. The summed E-state index contributed by atoms with van der Waals surface area (Å²) < 4.78 is 59.5. The maximum Gasteiger partial charge on any atom is 0.216 e. The molecule has 1 unspecified atom stereocenters. The molecule has 19 heavy (non-hydrogen) atoms. The van der Waals surface area contributed by atoms with Crippen molar-refractivity contribution < 1.29 is 22.3 Å². The summed E-state index contributed by atoms with van der Waals surface area (Å²) in [5.74, 6) is -2.45. The van der Waals surface area contributed by atoms with Crippen LogP contribution in [0.25, 0.3) is 0 Å². The smallest absolute Gasteiger partial charge is 0.216 e. The Labute approximate surface area is 108 Å². The first-order valence-corrected chi connectivity index (χ1v) is 5.68. The van der Waals surface area contributed by atoms with Crippen molar-refractivity contribution in [2.24, 2.45) is 0 Å². The molecule has 2 rings (SSSR count). The molecule has 1 aromatic rings. The van der Waals surface area contributed by atoms with Crippen LogP contribution in [0, 0.1) is 11.6 Å². The highest BCUT2D eigenvalue weighted by atomic mass is 19.2. The van der Waals surface area contributed by atoms with Gasteiger partial charge in [-0.3, -0.25) is 0 Å². The third-order valence-electron chi connectivity index (χ3n) is 2.96. The highest BCUT2D eigenvalue weighted by Crippen LogP contribution is 2.27. The van der Waals surface area contributed by atoms with Gasteiger partial charge in [0.25, 0.3) is 0 Å². The molecule has 0 saturated carbocycles. The largest absolute Gasteiger partial charge is 0.497 e. The van der Waals surface area contributed by atoms with Gasteiger partial charge in [0.2, 0.25) is 7.28 Å². The van der Waals surface area contributed by atoms with E-state index in [-0.39, 0.29) is 5.75 Å². The number of benzene rings is 1. The minimum absolute atomic E-state index is 0.0110. The molecule has 0 radical (unpaired) electrons. The number of hydrogen-bond donors (Lipinski definition) is 0. The second kappa shape index (κ2) is 5.11. The van der Waals surface area contributed by atoms with Gasteiger partial charge < -0.3 is 4.74 Å². The van der Waals surface area contributed by atoms with E-state index in [2.05, 4.69) is 0 Å². The monoisotopic (exact) mass is 270 g/mol. The van der Waals surface area contributed by atoms with Gasteiger partial charge in [-0.25, -0.2) is 17.6 Å². The van der Waals surface area contributed by atoms with Gasteiger partial charge in [0.15, 0.2) is 0 Å². The van der Waals surface area contributed by atoms with E-state index < -0.39 is 42.2 Å². The maximum absolute atomic E-state index is 14.3. The minimum atomic E-state index is -2.12. The van der Waals surface area contributed by atoms with E-state index in [0.29, 0.717) is 0 Å². The standard InChI is InChI=1S/C13H11BF4O/c1-19-9-5-10(16)12(11(17)6-9)14-13(18)4-2-3-8(15)7-13/h2-6,14H,7H2,1H3. The summed E-state index contributed by atoms with van der Waals surface area (Å²) in [6.45, 7) is 0. The Balaban J connectivity index is 2.29. The fourth-order valence-corrected chi connectivity index (χ4v) is 2.01. The zero-order chi connectivity index (χ0) is 14.0. The summed E-state index contributed by atoms with van der Waals surface area (Å²) >= 11 is 0. The lowest BCUT2D eigenvalue weighted by molar-refractivity contribution is 0.315. The van der Waals surface area contributed by atoms with Crippen molar-refractivity contribution in [3.05, 3.63) is 47.8 Å². The van der Waals surface area contributed by atoms with Crippen LogP contribution >= 0.6 is 0 Å². The fourth-order valence-electron chi connectivity index (χ4n) is 2.01. The van der Waals surface area contributed by atoms with Gasteiger partial charge in [0.1, 0.15) is 28.8 Å². The van der Waals surface area contributed by atoms with Crippen LogP contribution in [-0.4, -0.2) is 20.0 Å². The normalized spacial score (nSPS) is 22.1. The zero-order valence-electron chi connectivity index (χ0n) is 10.2. The van der Waals surface area contributed by atoms with Crippen LogP contribution in [0.1, 0.15) is 6.42 Å². The van der Waals surface area contributed by atoms with Crippen molar-refractivity contribution in [2.45, 2.75) is 12.0 Å². The van der Waals surface area contributed by atoms with E-state index in [9.17, 15) is 17.6 Å². The number of methoxy groups -OCH3 is 1. The third kappa shape index (κ3) is 3.00. The lowest BCUT2D eigenvalue weighted by atomic mass is 9.54. The molecule has 0 saturated heterocycles. The predicted octanol–water partition coefficient (Wildman–Crippen LogP) is 2.51. The Hall–Kier alpha value is -1.72. The van der Waals surface area contributed by atoms with Gasteiger partial charge in [-0.15, -0.1) is 0 Å². The molecule has 1 nitrogen and oxygen atoms in total. The second-order valence-electron chi connectivity index (χ2n) is 4.43. The van der Waals surface area contributed by atoms with Crippen molar-refractivity contribution in [2.75, 3.05) is 7.11 Å². The first kappa shape index (κ1) is 13.7. The lowest BCUT2D eigenvalue weighted by Crippen LogP contribution is -2.40. The Morgan fingerprint density at radius 3 is 2.37 bits per heavy atom. The Morgan fingerprint density at radius 1 is 1.21 bits per heavy atom. The van der Waals surface area contributed by atoms with Crippen molar-refractivity contribution in [1.29, 1.82) is 0 Å². The van der Waals surface area contributed by atoms with Crippen LogP contribution in [0.5, 0.6) is 5.75 Å². The highest BCUT2D eigenvalue weighted by molar-refractivity contribution is 6.57. The molecule has 1 atom stereocenters. The molecule has 0 N–H and O–H groups in total. The number of halogens is 4. The van der Waals surface area contributed by atoms with Crippen molar-refractivity contribution in [1.82, 2.24) is 0 Å². The van der Waals surface area contributed by atoms with Gasteiger partial charge in [-0.1, -0.05) is 12.2 Å². The van der Waals surface area contributed by atoms with E-state index in [0.717, 1.165) is 24.3 Å². The summed E-state index contributed by atoms with van der Waals surface area (Å²) in [6, 6.07) is 1.95. The van der Waals surface area contributed by atoms with E-state index >= 15 is 0 Å². The molecule has 0 fully saturated rings. The van der Waals surface area contributed by atoms with Gasteiger partial charge >= 0.3 is 0 Å². The van der Waals surface area contributed by atoms with E-state index in [4.69, 9.17) is 4.74 Å². The number of rotatable bonds is 3. The van der Waals surface area contributed by atoms with E-state index in [1.807, 2.05) is 0 Å². The first-order chi connectivity index (χ1) is 8.93. The van der Waals surface area contributed by atoms with Gasteiger partial charge in [0, 0.05) is 18.6 Å².